The SMILES string of the molecule is COC1C(C#Cc2ccsc2)CCN1c1ccc(-c2nc(CO)ns2)nn1. The number of nitrogens with zero attached hydrogens (tertiary/aromatic N) is 5. The summed E-state index contributed by atoms with van der Waals surface area (Å²) >= 11 is 2.84. The smallest absolute Gasteiger partial charge is 0.168 e. The maximum absolute atomic E-state index is 9.09. The average molecular weight is 400 g/mol. The van der Waals surface area contributed by atoms with Crippen LogP contribution in [0.1, 0.15) is 17.8 Å². The molecule has 7 nitrogen and oxygen atoms in total. The quantitative estimate of drug-likeness (QED) is 0.675. The number of ether oxygens (including phenoxy) is 1. The van der Waals surface area contributed by atoms with Gasteiger partial charge in [-0.05, 0) is 41.5 Å². The van der Waals surface area contributed by atoms with E-state index in [1.54, 1.807) is 18.4 Å². The lowest BCUT2D eigenvalue weighted by molar-refractivity contribution is 0.0903. The Labute approximate surface area is 164 Å². The van der Waals surface area contributed by atoms with Gasteiger partial charge >= 0.3 is 0 Å². The maximum atomic E-state index is 9.09. The van der Waals surface area contributed by atoms with Gasteiger partial charge in [-0.25, -0.2) is 4.98 Å². The molecule has 4 rings (SSSR count). The predicted octanol–water partition coefficient (Wildman–Crippen LogP) is 2.40. The molecule has 0 spiro atoms. The van der Waals surface area contributed by atoms with Crippen LogP contribution in [-0.2, 0) is 11.3 Å². The zero-order valence-corrected chi connectivity index (χ0v) is 16.2. The van der Waals surface area contributed by atoms with Crippen molar-refractivity contribution in [3.63, 3.8) is 0 Å². The fraction of sp³-hybridized carbons (Fsp3) is 0.333. The first-order valence-corrected chi connectivity index (χ1v) is 10.1. The summed E-state index contributed by atoms with van der Waals surface area (Å²) in [5.74, 6) is 7.82. The summed E-state index contributed by atoms with van der Waals surface area (Å²) in [6, 6.07) is 5.79. The minimum Gasteiger partial charge on any atom is -0.388 e. The number of rotatable bonds is 4. The van der Waals surface area contributed by atoms with E-state index in [1.165, 1.54) is 11.5 Å². The Bertz CT molecular complexity index is 946. The van der Waals surface area contributed by atoms with E-state index in [1.807, 2.05) is 29.0 Å². The Morgan fingerprint density at radius 2 is 2.26 bits per heavy atom. The van der Waals surface area contributed by atoms with Crippen LogP contribution >= 0.6 is 22.9 Å². The zero-order valence-electron chi connectivity index (χ0n) is 14.6. The Kier molecular flexibility index (Phi) is 5.40. The highest BCUT2D eigenvalue weighted by Gasteiger charge is 2.34. The first-order valence-electron chi connectivity index (χ1n) is 8.39. The molecule has 3 aromatic rings. The summed E-state index contributed by atoms with van der Waals surface area (Å²) in [6.07, 6.45) is 0.758. The van der Waals surface area contributed by atoms with Crippen LogP contribution in [0.3, 0.4) is 0 Å². The molecule has 27 heavy (non-hydrogen) atoms. The van der Waals surface area contributed by atoms with Crippen molar-refractivity contribution in [3.8, 4) is 22.5 Å². The van der Waals surface area contributed by atoms with Crippen LogP contribution in [0.4, 0.5) is 5.82 Å². The van der Waals surface area contributed by atoms with Crippen LogP contribution in [0.15, 0.2) is 29.0 Å². The second kappa shape index (κ2) is 8.10. The van der Waals surface area contributed by atoms with Gasteiger partial charge in [-0.2, -0.15) is 15.7 Å². The number of hydrogen-bond acceptors (Lipinski definition) is 9. The monoisotopic (exact) mass is 399 g/mol. The molecule has 0 radical (unpaired) electrons. The van der Waals surface area contributed by atoms with E-state index >= 15 is 0 Å². The number of aliphatic hydroxyl groups excluding tert-OH is 1. The zero-order chi connectivity index (χ0) is 18.6. The molecule has 1 saturated heterocycles. The lowest BCUT2D eigenvalue weighted by Crippen LogP contribution is -2.34. The molecule has 2 atom stereocenters. The maximum Gasteiger partial charge on any atom is 0.168 e. The average Bonchev–Trinajstić information content (AvgIpc) is 3.46. The van der Waals surface area contributed by atoms with E-state index in [9.17, 15) is 0 Å². The molecule has 0 bridgehead atoms. The number of aliphatic hydroxyl groups is 1. The van der Waals surface area contributed by atoms with Crippen LogP contribution in [0.5, 0.6) is 0 Å². The normalized spacial score (nSPS) is 19.1. The van der Waals surface area contributed by atoms with Gasteiger partial charge in [-0.1, -0.05) is 11.8 Å². The molecule has 1 aliphatic rings. The number of methoxy groups -OCH3 is 1. The van der Waals surface area contributed by atoms with E-state index in [-0.39, 0.29) is 18.8 Å². The second-order valence-electron chi connectivity index (χ2n) is 5.95. The fourth-order valence-corrected chi connectivity index (χ4v) is 4.20. The highest BCUT2D eigenvalue weighted by molar-refractivity contribution is 7.09. The molecule has 4 heterocycles. The molecule has 0 saturated carbocycles. The Balaban J connectivity index is 1.50. The Morgan fingerprint density at radius 3 is 2.93 bits per heavy atom. The van der Waals surface area contributed by atoms with Crippen molar-refractivity contribution in [3.05, 3.63) is 40.3 Å². The van der Waals surface area contributed by atoms with Gasteiger partial charge in [0.2, 0.25) is 0 Å². The van der Waals surface area contributed by atoms with Gasteiger partial charge in [-0.3, -0.25) is 0 Å². The first-order chi connectivity index (χ1) is 13.3. The van der Waals surface area contributed by atoms with Crippen LogP contribution in [-0.4, -0.2) is 44.5 Å². The summed E-state index contributed by atoms with van der Waals surface area (Å²) in [6.45, 7) is 0.627. The number of anilines is 1. The third kappa shape index (κ3) is 3.84. The number of thiophene rings is 1. The third-order valence-corrected chi connectivity index (χ3v) is 5.73. The van der Waals surface area contributed by atoms with E-state index in [2.05, 4.69) is 36.3 Å². The Hall–Kier alpha value is -2.38. The highest BCUT2D eigenvalue weighted by atomic mass is 32.1. The predicted molar refractivity (Wildman–Crippen MR) is 104 cm³/mol. The summed E-state index contributed by atoms with van der Waals surface area (Å²) in [5, 5.41) is 22.4. The lowest BCUT2D eigenvalue weighted by Gasteiger charge is -2.25. The molecule has 0 amide bonds. The molecule has 0 aromatic carbocycles. The van der Waals surface area contributed by atoms with Gasteiger partial charge in [0.15, 0.2) is 16.6 Å². The summed E-state index contributed by atoms with van der Waals surface area (Å²) in [5.41, 5.74) is 1.68. The highest BCUT2D eigenvalue weighted by Crippen LogP contribution is 2.29. The van der Waals surface area contributed by atoms with E-state index < -0.39 is 0 Å². The molecule has 1 N–H and O–H groups in total. The van der Waals surface area contributed by atoms with Crippen LogP contribution in [0.25, 0.3) is 10.7 Å². The molecular weight excluding hydrogens is 382 g/mol. The topological polar surface area (TPSA) is 84.3 Å². The van der Waals surface area contributed by atoms with E-state index in [0.29, 0.717) is 16.5 Å². The first kappa shape index (κ1) is 18.0. The molecule has 0 aliphatic carbocycles. The van der Waals surface area contributed by atoms with Gasteiger partial charge < -0.3 is 14.7 Å². The minimum absolute atomic E-state index is 0.117. The fourth-order valence-electron chi connectivity index (χ4n) is 2.97. The molecule has 1 fully saturated rings. The number of hydrogen-bond donors (Lipinski definition) is 1. The van der Waals surface area contributed by atoms with Crippen molar-refractivity contribution >= 4 is 28.7 Å². The van der Waals surface area contributed by atoms with Gasteiger partial charge in [0, 0.05) is 24.6 Å². The van der Waals surface area contributed by atoms with Crippen LogP contribution in [0, 0.1) is 17.8 Å². The largest absolute Gasteiger partial charge is 0.388 e. The van der Waals surface area contributed by atoms with Crippen molar-refractivity contribution in [2.75, 3.05) is 18.6 Å². The Morgan fingerprint density at radius 1 is 1.33 bits per heavy atom. The summed E-state index contributed by atoms with van der Waals surface area (Å²) in [7, 11) is 1.70. The minimum atomic E-state index is -0.181. The van der Waals surface area contributed by atoms with Crippen molar-refractivity contribution in [1.82, 2.24) is 19.6 Å². The van der Waals surface area contributed by atoms with Crippen molar-refractivity contribution in [1.29, 1.82) is 0 Å². The van der Waals surface area contributed by atoms with Crippen LogP contribution < -0.4 is 4.90 Å². The second-order valence-corrected chi connectivity index (χ2v) is 7.48. The molecule has 3 aromatic heterocycles. The molecule has 1 aliphatic heterocycles. The van der Waals surface area contributed by atoms with Crippen molar-refractivity contribution in [2.24, 2.45) is 5.92 Å². The summed E-state index contributed by atoms with van der Waals surface area (Å²) in [4.78, 5) is 6.30. The number of aromatic nitrogens is 4. The summed E-state index contributed by atoms with van der Waals surface area (Å²) < 4.78 is 9.76. The van der Waals surface area contributed by atoms with Gasteiger partial charge in [0.05, 0.1) is 5.92 Å². The van der Waals surface area contributed by atoms with Crippen molar-refractivity contribution < 1.29 is 9.84 Å². The standard InChI is InChI=1S/C18H17N5O2S2/c1-25-18-13(3-2-12-7-9-26-11-12)6-8-23(18)16-5-4-14(20-21-16)17-19-15(10-24)22-27-17/h4-5,7,9,11,13,18,24H,6,8,10H2,1H3. The van der Waals surface area contributed by atoms with E-state index in [4.69, 9.17) is 9.84 Å². The lowest BCUT2D eigenvalue weighted by atomic mass is 10.1. The van der Waals surface area contributed by atoms with Gasteiger partial charge in [0.25, 0.3) is 0 Å². The third-order valence-electron chi connectivity index (χ3n) is 4.27. The molecule has 138 valence electrons. The molecule has 9 heteroatoms. The molecular formula is C18H17N5O2S2. The van der Waals surface area contributed by atoms with Gasteiger partial charge in [-0.15, -0.1) is 10.2 Å². The molecule has 2 unspecified atom stereocenters. The van der Waals surface area contributed by atoms with E-state index in [0.717, 1.165) is 24.3 Å². The van der Waals surface area contributed by atoms with Crippen molar-refractivity contribution in [2.45, 2.75) is 19.3 Å². The van der Waals surface area contributed by atoms with Crippen LogP contribution in [0.2, 0.25) is 0 Å². The van der Waals surface area contributed by atoms with Gasteiger partial charge in [0.1, 0.15) is 18.5 Å².